The summed E-state index contributed by atoms with van der Waals surface area (Å²) in [5.74, 6) is 0.571. The first-order valence-electron chi connectivity index (χ1n) is 10.9. The van der Waals surface area contributed by atoms with Gasteiger partial charge in [0.25, 0.3) is 0 Å². The van der Waals surface area contributed by atoms with Crippen molar-refractivity contribution in [3.05, 3.63) is 100 Å². The Morgan fingerprint density at radius 1 is 0.914 bits per heavy atom. The molecular weight excluding hydrogens is 450 g/mol. The first kappa shape index (κ1) is 23.6. The summed E-state index contributed by atoms with van der Waals surface area (Å²) >= 11 is 0. The van der Waals surface area contributed by atoms with Crippen LogP contribution < -0.4 is 20.2 Å². The Labute approximate surface area is 201 Å². The zero-order valence-corrected chi connectivity index (χ0v) is 19.0. The molecule has 178 valence electrons. The highest BCUT2D eigenvalue weighted by molar-refractivity contribution is 5.81. The Kier molecular flexibility index (Phi) is 7.42. The Bertz CT molecular complexity index is 1380. The lowest BCUT2D eigenvalue weighted by atomic mass is 10.2. The number of carbonyl (C=O) groups excluding carboxylic acids is 2. The van der Waals surface area contributed by atoms with E-state index in [-0.39, 0.29) is 42.1 Å². The van der Waals surface area contributed by atoms with Gasteiger partial charge in [0.1, 0.15) is 29.4 Å². The minimum absolute atomic E-state index is 0.0500. The molecular formula is C27H23NO7. The summed E-state index contributed by atoms with van der Waals surface area (Å²) in [6.07, 6.45) is -0.691. The van der Waals surface area contributed by atoms with Crippen molar-refractivity contribution in [2.24, 2.45) is 0 Å². The minimum atomic E-state index is -0.627. The zero-order chi connectivity index (χ0) is 24.6. The Hall–Kier alpha value is -4.59. The van der Waals surface area contributed by atoms with Crippen LogP contribution in [0.1, 0.15) is 17.7 Å². The number of hydrogen-bond donors (Lipinski definition) is 1. The van der Waals surface area contributed by atoms with Crippen LogP contribution in [0.2, 0.25) is 0 Å². The highest BCUT2D eigenvalue weighted by Gasteiger charge is 2.15. The summed E-state index contributed by atoms with van der Waals surface area (Å²) in [5.41, 5.74) is 0.795. The van der Waals surface area contributed by atoms with Gasteiger partial charge in [-0.25, -0.2) is 4.79 Å². The summed E-state index contributed by atoms with van der Waals surface area (Å²) in [6, 6.07) is 22.7. The molecule has 8 heteroatoms. The summed E-state index contributed by atoms with van der Waals surface area (Å²) in [7, 11) is 0. The molecule has 8 nitrogen and oxygen atoms in total. The van der Waals surface area contributed by atoms with E-state index in [0.29, 0.717) is 16.9 Å². The number of rotatable bonds is 8. The first-order chi connectivity index (χ1) is 17.0. The maximum atomic E-state index is 12.9. The lowest BCUT2D eigenvalue weighted by molar-refractivity contribution is -0.134. The van der Waals surface area contributed by atoms with Crippen LogP contribution in [0.15, 0.2) is 88.1 Å². The molecule has 0 aliphatic heterocycles. The third-order valence-electron chi connectivity index (χ3n) is 4.99. The molecule has 0 atom stereocenters. The minimum Gasteiger partial charge on any atom is -0.457 e. The molecule has 4 aromatic rings. The lowest BCUT2D eigenvalue weighted by Gasteiger charge is -2.10. The first-order valence-corrected chi connectivity index (χ1v) is 10.9. The number of esters is 1. The maximum Gasteiger partial charge on any atom is 0.407 e. The van der Waals surface area contributed by atoms with Gasteiger partial charge in [-0.3, -0.25) is 9.59 Å². The van der Waals surface area contributed by atoms with E-state index in [0.717, 1.165) is 5.56 Å². The van der Waals surface area contributed by atoms with E-state index in [1.54, 1.807) is 31.2 Å². The molecule has 0 saturated carbocycles. The fourth-order valence-electron chi connectivity index (χ4n) is 3.28. The fraction of sp³-hybridized carbons (Fsp3) is 0.148. The van der Waals surface area contributed by atoms with Crippen molar-refractivity contribution in [2.45, 2.75) is 20.0 Å². The van der Waals surface area contributed by atoms with Gasteiger partial charge in [0.2, 0.25) is 11.2 Å². The number of amides is 1. The Morgan fingerprint density at radius 2 is 1.63 bits per heavy atom. The van der Waals surface area contributed by atoms with E-state index in [9.17, 15) is 14.4 Å². The van der Waals surface area contributed by atoms with Crippen LogP contribution in [0.5, 0.6) is 17.2 Å². The van der Waals surface area contributed by atoms with E-state index in [1.165, 1.54) is 18.2 Å². The van der Waals surface area contributed by atoms with Gasteiger partial charge in [-0.2, -0.15) is 0 Å². The summed E-state index contributed by atoms with van der Waals surface area (Å²) in [4.78, 5) is 36.8. The SMILES string of the molecule is Cc1oc2cc(OC(=O)CCNC(=O)OCc3ccccc3)ccc2c(=O)c1Oc1ccccc1. The van der Waals surface area contributed by atoms with E-state index in [2.05, 4.69) is 5.32 Å². The average molecular weight is 473 g/mol. The van der Waals surface area contributed by atoms with Crippen molar-refractivity contribution >= 4 is 23.0 Å². The van der Waals surface area contributed by atoms with Gasteiger partial charge in [-0.1, -0.05) is 48.5 Å². The molecule has 1 N–H and O–H groups in total. The number of fused-ring (bicyclic) bond motifs is 1. The number of alkyl carbamates (subject to hydrolysis) is 1. The van der Waals surface area contributed by atoms with Crippen molar-refractivity contribution in [1.29, 1.82) is 0 Å². The molecule has 4 rings (SSSR count). The molecule has 0 aliphatic rings. The van der Waals surface area contributed by atoms with Gasteiger partial charge in [-0.05, 0) is 36.8 Å². The number of hydrogen-bond acceptors (Lipinski definition) is 7. The average Bonchev–Trinajstić information content (AvgIpc) is 2.86. The molecule has 0 fully saturated rings. The number of para-hydroxylation sites is 1. The second-order valence-corrected chi connectivity index (χ2v) is 7.60. The largest absolute Gasteiger partial charge is 0.457 e. The van der Waals surface area contributed by atoms with Crippen LogP contribution >= 0.6 is 0 Å². The molecule has 1 aromatic heterocycles. The number of nitrogens with one attached hydrogen (secondary N) is 1. The monoisotopic (exact) mass is 473 g/mol. The molecule has 0 aliphatic carbocycles. The van der Waals surface area contributed by atoms with Crippen molar-refractivity contribution < 1.29 is 28.2 Å². The molecule has 35 heavy (non-hydrogen) atoms. The maximum absolute atomic E-state index is 12.9. The van der Waals surface area contributed by atoms with Gasteiger partial charge in [0.05, 0.1) is 11.8 Å². The summed E-state index contributed by atoms with van der Waals surface area (Å²) in [5, 5.41) is 2.80. The third-order valence-corrected chi connectivity index (χ3v) is 4.99. The van der Waals surface area contributed by atoms with Gasteiger partial charge in [0, 0.05) is 12.6 Å². The van der Waals surface area contributed by atoms with E-state index in [1.807, 2.05) is 36.4 Å². The quantitative estimate of drug-likeness (QED) is 0.280. The smallest absolute Gasteiger partial charge is 0.407 e. The van der Waals surface area contributed by atoms with Crippen molar-refractivity contribution in [3.63, 3.8) is 0 Å². The van der Waals surface area contributed by atoms with Crippen molar-refractivity contribution in [1.82, 2.24) is 5.32 Å². The van der Waals surface area contributed by atoms with E-state index in [4.69, 9.17) is 18.6 Å². The third kappa shape index (κ3) is 6.26. The van der Waals surface area contributed by atoms with Crippen molar-refractivity contribution in [2.75, 3.05) is 6.54 Å². The predicted octanol–water partition coefficient (Wildman–Crippen LogP) is 5.12. The topological polar surface area (TPSA) is 104 Å². The van der Waals surface area contributed by atoms with Gasteiger partial charge in [0.15, 0.2) is 0 Å². The highest BCUT2D eigenvalue weighted by atomic mass is 16.5. The molecule has 0 unspecified atom stereocenters. The van der Waals surface area contributed by atoms with E-state index >= 15 is 0 Å². The molecule has 1 amide bonds. The zero-order valence-electron chi connectivity index (χ0n) is 19.0. The predicted molar refractivity (Wildman–Crippen MR) is 129 cm³/mol. The van der Waals surface area contributed by atoms with Crippen LogP contribution in [0.4, 0.5) is 4.79 Å². The van der Waals surface area contributed by atoms with Crippen LogP contribution in [-0.4, -0.2) is 18.6 Å². The number of benzene rings is 3. The van der Waals surface area contributed by atoms with Gasteiger partial charge in [-0.15, -0.1) is 0 Å². The van der Waals surface area contributed by atoms with Gasteiger partial charge >= 0.3 is 12.1 Å². The standard InChI is InChI=1S/C27H23NO7/c1-18-26(35-20-10-6-3-7-11-20)25(30)22-13-12-21(16-23(22)33-18)34-24(29)14-15-28-27(31)32-17-19-8-4-2-5-9-19/h2-13,16H,14-15,17H2,1H3,(H,28,31). The molecule has 1 heterocycles. The molecule has 0 spiro atoms. The highest BCUT2D eigenvalue weighted by Crippen LogP contribution is 2.27. The van der Waals surface area contributed by atoms with Crippen LogP contribution in [0.25, 0.3) is 11.0 Å². The second kappa shape index (κ2) is 11.0. The molecule has 3 aromatic carbocycles. The fourth-order valence-corrected chi connectivity index (χ4v) is 3.28. The van der Waals surface area contributed by atoms with Crippen LogP contribution in [0, 0.1) is 6.92 Å². The summed E-state index contributed by atoms with van der Waals surface area (Å²) in [6.45, 7) is 1.81. The van der Waals surface area contributed by atoms with Crippen LogP contribution in [0.3, 0.4) is 0 Å². The molecule has 0 saturated heterocycles. The Morgan fingerprint density at radius 3 is 2.37 bits per heavy atom. The number of carbonyl (C=O) groups is 2. The van der Waals surface area contributed by atoms with Gasteiger partial charge < -0.3 is 23.9 Å². The van der Waals surface area contributed by atoms with E-state index < -0.39 is 12.1 Å². The van der Waals surface area contributed by atoms with Crippen molar-refractivity contribution in [3.8, 4) is 17.2 Å². The van der Waals surface area contributed by atoms with Crippen LogP contribution in [-0.2, 0) is 16.1 Å². The number of aryl methyl sites for hydroxylation is 1. The normalized spacial score (nSPS) is 10.5. The summed E-state index contributed by atoms with van der Waals surface area (Å²) < 4.78 is 21.9. The Balaban J connectivity index is 1.32. The molecule has 0 bridgehead atoms. The molecule has 0 radical (unpaired) electrons. The second-order valence-electron chi connectivity index (χ2n) is 7.60. The lowest BCUT2D eigenvalue weighted by Crippen LogP contribution is -2.27. The number of ether oxygens (including phenoxy) is 3.